The molecule has 104 valence electrons. The second-order valence-electron chi connectivity index (χ2n) is 6.14. The van der Waals surface area contributed by atoms with E-state index in [1.807, 2.05) is 30.3 Å². The first-order valence-electron chi connectivity index (χ1n) is 7.34. The van der Waals surface area contributed by atoms with Crippen molar-refractivity contribution in [2.24, 2.45) is 17.8 Å². The van der Waals surface area contributed by atoms with Gasteiger partial charge in [-0.3, -0.25) is 0 Å². The molecule has 2 rings (SSSR count). The van der Waals surface area contributed by atoms with Crippen LogP contribution in [-0.4, -0.2) is 12.1 Å². The maximum absolute atomic E-state index is 12.2. The van der Waals surface area contributed by atoms with Gasteiger partial charge in [-0.15, -0.1) is 0 Å². The molecule has 0 aliphatic heterocycles. The molecule has 1 aliphatic carbocycles. The van der Waals surface area contributed by atoms with E-state index in [2.05, 4.69) is 20.8 Å². The molecule has 0 spiro atoms. The van der Waals surface area contributed by atoms with E-state index in [1.165, 1.54) is 12.8 Å². The van der Waals surface area contributed by atoms with E-state index >= 15 is 0 Å². The number of benzene rings is 1. The molecule has 1 unspecified atom stereocenters. The Hall–Kier alpha value is -1.31. The average molecular weight is 260 g/mol. The Bertz CT molecular complexity index is 411. The van der Waals surface area contributed by atoms with Crippen LogP contribution in [0.4, 0.5) is 0 Å². The standard InChI is InChI=1S/C17H24O2/c1-12(2)15-10-9-13(3)11-16(15)19-17(18)14-7-5-4-6-8-14/h4-8,12-13,15-16H,9-11H2,1-3H3/t13-,15?,16-/m1/s1. The molecule has 0 heterocycles. The molecule has 1 aliphatic rings. The van der Waals surface area contributed by atoms with Crippen LogP contribution >= 0.6 is 0 Å². The van der Waals surface area contributed by atoms with Crippen molar-refractivity contribution < 1.29 is 9.53 Å². The predicted molar refractivity (Wildman–Crippen MR) is 77.0 cm³/mol. The van der Waals surface area contributed by atoms with Crippen molar-refractivity contribution >= 4 is 5.97 Å². The molecule has 0 aromatic heterocycles. The van der Waals surface area contributed by atoms with Gasteiger partial charge in [0.15, 0.2) is 0 Å². The van der Waals surface area contributed by atoms with Gasteiger partial charge in [-0.05, 0) is 42.7 Å². The summed E-state index contributed by atoms with van der Waals surface area (Å²) in [6.45, 7) is 6.70. The summed E-state index contributed by atoms with van der Waals surface area (Å²) >= 11 is 0. The number of rotatable bonds is 3. The van der Waals surface area contributed by atoms with Crippen LogP contribution in [0.25, 0.3) is 0 Å². The van der Waals surface area contributed by atoms with Gasteiger partial charge in [0.25, 0.3) is 0 Å². The van der Waals surface area contributed by atoms with Crippen LogP contribution in [0.2, 0.25) is 0 Å². The fourth-order valence-electron chi connectivity index (χ4n) is 3.03. The highest BCUT2D eigenvalue weighted by Crippen LogP contribution is 2.35. The molecule has 0 amide bonds. The molecule has 1 fully saturated rings. The quantitative estimate of drug-likeness (QED) is 0.757. The second kappa shape index (κ2) is 6.23. The molecule has 0 radical (unpaired) electrons. The van der Waals surface area contributed by atoms with E-state index in [0.717, 1.165) is 6.42 Å². The summed E-state index contributed by atoms with van der Waals surface area (Å²) in [4.78, 5) is 12.2. The Morgan fingerprint density at radius 3 is 2.53 bits per heavy atom. The van der Waals surface area contributed by atoms with E-state index in [4.69, 9.17) is 4.74 Å². The lowest BCUT2D eigenvalue weighted by Gasteiger charge is -2.36. The van der Waals surface area contributed by atoms with Gasteiger partial charge >= 0.3 is 5.97 Å². The molecule has 1 aromatic rings. The molecule has 1 saturated carbocycles. The van der Waals surface area contributed by atoms with Gasteiger partial charge in [0, 0.05) is 0 Å². The van der Waals surface area contributed by atoms with Crippen LogP contribution in [0.3, 0.4) is 0 Å². The summed E-state index contributed by atoms with van der Waals surface area (Å²) in [6, 6.07) is 9.30. The van der Waals surface area contributed by atoms with Crippen LogP contribution in [0.5, 0.6) is 0 Å². The molecular formula is C17H24O2. The van der Waals surface area contributed by atoms with Crippen LogP contribution in [0, 0.1) is 17.8 Å². The summed E-state index contributed by atoms with van der Waals surface area (Å²) in [5.41, 5.74) is 0.656. The average Bonchev–Trinajstić information content (AvgIpc) is 2.39. The van der Waals surface area contributed by atoms with Crippen molar-refractivity contribution in [2.45, 2.75) is 46.1 Å². The third kappa shape index (κ3) is 3.59. The third-order valence-electron chi connectivity index (χ3n) is 4.23. The number of carbonyl (C=O) groups excluding carboxylic acids is 1. The Morgan fingerprint density at radius 1 is 1.21 bits per heavy atom. The van der Waals surface area contributed by atoms with Crippen molar-refractivity contribution in [1.82, 2.24) is 0 Å². The fourth-order valence-corrected chi connectivity index (χ4v) is 3.03. The summed E-state index contributed by atoms with van der Waals surface area (Å²) in [5, 5.41) is 0. The number of hydrogen-bond donors (Lipinski definition) is 0. The molecule has 0 N–H and O–H groups in total. The first-order chi connectivity index (χ1) is 9.08. The highest BCUT2D eigenvalue weighted by atomic mass is 16.5. The second-order valence-corrected chi connectivity index (χ2v) is 6.14. The van der Waals surface area contributed by atoms with Crippen LogP contribution in [0.1, 0.15) is 50.4 Å². The maximum atomic E-state index is 12.2. The van der Waals surface area contributed by atoms with Gasteiger partial charge < -0.3 is 4.74 Å². The van der Waals surface area contributed by atoms with E-state index in [0.29, 0.717) is 23.3 Å². The van der Waals surface area contributed by atoms with E-state index < -0.39 is 0 Å². The predicted octanol–water partition coefficient (Wildman–Crippen LogP) is 4.30. The van der Waals surface area contributed by atoms with Crippen molar-refractivity contribution in [3.8, 4) is 0 Å². The third-order valence-corrected chi connectivity index (χ3v) is 4.23. The smallest absolute Gasteiger partial charge is 0.338 e. The molecular weight excluding hydrogens is 236 g/mol. The first-order valence-corrected chi connectivity index (χ1v) is 7.34. The Labute approximate surface area is 116 Å². The highest BCUT2D eigenvalue weighted by molar-refractivity contribution is 5.89. The fraction of sp³-hybridized carbons (Fsp3) is 0.588. The minimum absolute atomic E-state index is 0.0801. The van der Waals surface area contributed by atoms with Crippen LogP contribution in [-0.2, 0) is 4.74 Å². The van der Waals surface area contributed by atoms with E-state index in [1.54, 1.807) is 0 Å². The summed E-state index contributed by atoms with van der Waals surface area (Å²) in [7, 11) is 0. The van der Waals surface area contributed by atoms with E-state index in [-0.39, 0.29) is 12.1 Å². The van der Waals surface area contributed by atoms with Crippen molar-refractivity contribution in [3.05, 3.63) is 35.9 Å². The molecule has 0 saturated heterocycles. The molecule has 3 atom stereocenters. The largest absolute Gasteiger partial charge is 0.458 e. The summed E-state index contributed by atoms with van der Waals surface area (Å²) in [6.07, 6.45) is 3.51. The monoisotopic (exact) mass is 260 g/mol. The molecule has 19 heavy (non-hydrogen) atoms. The van der Waals surface area contributed by atoms with Gasteiger partial charge in [0.1, 0.15) is 6.10 Å². The van der Waals surface area contributed by atoms with Crippen LogP contribution < -0.4 is 0 Å². The number of carbonyl (C=O) groups is 1. The van der Waals surface area contributed by atoms with E-state index in [9.17, 15) is 4.79 Å². The van der Waals surface area contributed by atoms with Gasteiger partial charge in [-0.25, -0.2) is 4.79 Å². The first kappa shape index (κ1) is 14.1. The highest BCUT2D eigenvalue weighted by Gasteiger charge is 2.33. The van der Waals surface area contributed by atoms with Crippen molar-refractivity contribution in [3.63, 3.8) is 0 Å². The Morgan fingerprint density at radius 2 is 1.89 bits per heavy atom. The topological polar surface area (TPSA) is 26.3 Å². The number of hydrogen-bond acceptors (Lipinski definition) is 2. The molecule has 2 nitrogen and oxygen atoms in total. The maximum Gasteiger partial charge on any atom is 0.338 e. The van der Waals surface area contributed by atoms with Crippen LogP contribution in [0.15, 0.2) is 30.3 Å². The lowest BCUT2D eigenvalue weighted by molar-refractivity contribution is -0.0174. The molecule has 1 aromatic carbocycles. The Balaban J connectivity index is 2.04. The zero-order valence-electron chi connectivity index (χ0n) is 12.1. The van der Waals surface area contributed by atoms with Gasteiger partial charge in [-0.2, -0.15) is 0 Å². The zero-order chi connectivity index (χ0) is 13.8. The summed E-state index contributed by atoms with van der Waals surface area (Å²) in [5.74, 6) is 1.55. The molecule has 2 heteroatoms. The van der Waals surface area contributed by atoms with Crippen molar-refractivity contribution in [2.75, 3.05) is 0 Å². The minimum atomic E-state index is -0.176. The Kier molecular flexibility index (Phi) is 4.62. The number of esters is 1. The van der Waals surface area contributed by atoms with Gasteiger partial charge in [0.05, 0.1) is 5.56 Å². The van der Waals surface area contributed by atoms with Gasteiger partial charge in [0.2, 0.25) is 0 Å². The summed E-state index contributed by atoms with van der Waals surface area (Å²) < 4.78 is 5.78. The van der Waals surface area contributed by atoms with Gasteiger partial charge in [-0.1, -0.05) is 45.4 Å². The number of ether oxygens (including phenoxy) is 1. The van der Waals surface area contributed by atoms with Crippen molar-refractivity contribution in [1.29, 1.82) is 0 Å². The SMILES string of the molecule is CC(C)C1CC[C@@H](C)C[C@H]1OC(=O)c1ccccc1. The minimum Gasteiger partial charge on any atom is -0.458 e. The normalized spacial score (nSPS) is 27.3. The lowest BCUT2D eigenvalue weighted by Crippen LogP contribution is -2.35. The zero-order valence-corrected chi connectivity index (χ0v) is 12.1. The lowest BCUT2D eigenvalue weighted by atomic mass is 9.75. The molecule has 0 bridgehead atoms.